The maximum absolute atomic E-state index is 9.75. The first-order chi connectivity index (χ1) is 3.42. The van der Waals surface area contributed by atoms with Gasteiger partial charge in [0, 0.05) is 6.16 Å². The monoisotopic (exact) mass is 184 g/mol. The summed E-state index contributed by atoms with van der Waals surface area (Å²) in [4.78, 5) is 19.5. The summed E-state index contributed by atoms with van der Waals surface area (Å²) in [6.07, 6.45) is -1.72. The molecule has 0 spiro atoms. The van der Waals surface area contributed by atoms with Gasteiger partial charge in [-0.25, -0.2) is 0 Å². The van der Waals surface area contributed by atoms with Gasteiger partial charge in [-0.3, -0.25) is 0 Å². The van der Waals surface area contributed by atoms with Gasteiger partial charge in [0.15, 0.2) is 0 Å². The molecule has 0 aliphatic rings. The van der Waals surface area contributed by atoms with Gasteiger partial charge in [-0.2, -0.15) is 0 Å². The van der Waals surface area contributed by atoms with Crippen molar-refractivity contribution in [2.24, 2.45) is 0 Å². The van der Waals surface area contributed by atoms with E-state index in [0.29, 0.717) is 0 Å². The van der Waals surface area contributed by atoms with Crippen molar-refractivity contribution in [1.29, 1.82) is 0 Å². The van der Waals surface area contributed by atoms with Gasteiger partial charge in [-0.05, 0) is 6.92 Å². The van der Waals surface area contributed by atoms with Crippen LogP contribution in [0.3, 0.4) is 0 Å². The van der Waals surface area contributed by atoms with Crippen molar-refractivity contribution in [1.82, 2.24) is 0 Å². The molecule has 0 aromatic carbocycles. The molecule has 1 unspecified atom stereocenters. The molecule has 50 valence electrons. The van der Waals surface area contributed by atoms with Crippen LogP contribution in [-0.2, 0) is 4.57 Å². The molecule has 0 fully saturated rings. The van der Waals surface area contributed by atoms with Crippen LogP contribution in [-0.4, -0.2) is 17.4 Å². The average molecular weight is 184 g/mol. The number of hydrogen-bond acceptors (Lipinski definition) is 4. The Balaban J connectivity index is -0.000000245. The minimum atomic E-state index is -4.47. The maximum atomic E-state index is 9.75. The van der Waals surface area contributed by atoms with E-state index in [1.54, 1.807) is 0 Å². The van der Waals surface area contributed by atoms with Gasteiger partial charge in [0.05, 0.1) is 6.10 Å². The van der Waals surface area contributed by atoms with Crippen molar-refractivity contribution >= 4 is 7.60 Å². The van der Waals surface area contributed by atoms with Crippen molar-refractivity contribution in [3.63, 3.8) is 0 Å². The Morgan fingerprint density at radius 3 is 1.80 bits per heavy atom. The van der Waals surface area contributed by atoms with Crippen LogP contribution in [0, 0.1) is 0 Å². The van der Waals surface area contributed by atoms with E-state index in [-0.39, 0.29) is 59.1 Å². The van der Waals surface area contributed by atoms with E-state index in [4.69, 9.17) is 5.11 Å². The molecule has 0 aromatic rings. The Morgan fingerprint density at radius 1 is 1.50 bits per heavy atom. The van der Waals surface area contributed by atoms with E-state index in [2.05, 4.69) is 0 Å². The zero-order chi connectivity index (χ0) is 6.78. The fourth-order valence-corrected chi connectivity index (χ4v) is 0.971. The van der Waals surface area contributed by atoms with Gasteiger partial charge in [-0.15, -0.1) is 0 Å². The number of aliphatic hydroxyl groups is 1. The predicted molar refractivity (Wildman–Crippen MR) is 24.2 cm³/mol. The van der Waals surface area contributed by atoms with Crippen molar-refractivity contribution in [2.75, 3.05) is 6.16 Å². The van der Waals surface area contributed by atoms with Crippen molar-refractivity contribution < 1.29 is 78.6 Å². The van der Waals surface area contributed by atoms with Crippen LogP contribution in [0.1, 0.15) is 6.92 Å². The topological polar surface area (TPSA) is 83.4 Å². The molecule has 4 nitrogen and oxygen atoms in total. The van der Waals surface area contributed by atoms with E-state index in [0.717, 1.165) is 0 Å². The van der Waals surface area contributed by atoms with Crippen LogP contribution in [0.15, 0.2) is 0 Å². The largest absolute Gasteiger partial charge is 1.00 e. The Kier molecular flexibility index (Phi) is 13.9. The standard InChI is InChI=1S/C3H9O4P.2Na/c1-3(4)2-8(5,6)7;;/h3-4H,2H2,1H3,(H2,5,6,7);;/q;2*+1/p-2. The molecule has 0 aliphatic heterocycles. The number of rotatable bonds is 2. The molecule has 1 atom stereocenters. The predicted octanol–water partition coefficient (Wildman–Crippen LogP) is -7.71. The Bertz CT molecular complexity index is 111. The summed E-state index contributed by atoms with van der Waals surface area (Å²) in [6, 6.07) is 0. The number of aliphatic hydroxyl groups excluding tert-OH is 1. The van der Waals surface area contributed by atoms with Crippen LogP contribution in [0.2, 0.25) is 0 Å². The summed E-state index contributed by atoms with van der Waals surface area (Å²) in [5.74, 6) is 0. The molecule has 0 rings (SSSR count). The third kappa shape index (κ3) is 16.6. The first-order valence-corrected chi connectivity index (χ1v) is 3.84. The Morgan fingerprint density at radius 2 is 1.80 bits per heavy atom. The number of hydrogen-bond donors (Lipinski definition) is 1. The molecule has 0 bridgehead atoms. The summed E-state index contributed by atoms with van der Waals surface area (Å²) in [6.45, 7) is 1.25. The quantitative estimate of drug-likeness (QED) is 0.341. The maximum Gasteiger partial charge on any atom is 1.00 e. The molecule has 0 heterocycles. The molecule has 7 heteroatoms. The second kappa shape index (κ2) is 7.74. The van der Waals surface area contributed by atoms with Crippen molar-refractivity contribution in [2.45, 2.75) is 13.0 Å². The van der Waals surface area contributed by atoms with Crippen LogP contribution in [0.25, 0.3) is 0 Å². The third-order valence-corrected chi connectivity index (χ3v) is 1.46. The molecular formula is C3H7Na2O4P. The minimum absolute atomic E-state index is 0. The average Bonchev–Trinajstić information content (AvgIpc) is 1.21. The fraction of sp³-hybridized carbons (Fsp3) is 1.00. The second-order valence-electron chi connectivity index (χ2n) is 1.64. The molecular weight excluding hydrogens is 177 g/mol. The summed E-state index contributed by atoms with van der Waals surface area (Å²) in [7, 11) is -4.47. The van der Waals surface area contributed by atoms with E-state index in [1.807, 2.05) is 0 Å². The summed E-state index contributed by atoms with van der Waals surface area (Å²) >= 11 is 0. The van der Waals surface area contributed by atoms with Gasteiger partial charge >= 0.3 is 59.1 Å². The third-order valence-electron chi connectivity index (χ3n) is 0.488. The van der Waals surface area contributed by atoms with Gasteiger partial charge in [0.1, 0.15) is 0 Å². The first kappa shape index (κ1) is 18.0. The van der Waals surface area contributed by atoms with Crippen LogP contribution < -0.4 is 68.9 Å². The van der Waals surface area contributed by atoms with Gasteiger partial charge in [-0.1, -0.05) is 7.60 Å². The van der Waals surface area contributed by atoms with Gasteiger partial charge in [0.2, 0.25) is 0 Å². The van der Waals surface area contributed by atoms with Crippen LogP contribution in [0.5, 0.6) is 0 Å². The van der Waals surface area contributed by atoms with Crippen LogP contribution >= 0.6 is 7.60 Å². The molecule has 0 saturated heterocycles. The fourth-order valence-electron chi connectivity index (χ4n) is 0.324. The van der Waals surface area contributed by atoms with Gasteiger partial charge in [0.25, 0.3) is 0 Å². The Labute approximate surface area is 104 Å². The van der Waals surface area contributed by atoms with E-state index in [1.165, 1.54) is 6.92 Å². The van der Waals surface area contributed by atoms with Crippen molar-refractivity contribution in [3.05, 3.63) is 0 Å². The molecule has 0 saturated carbocycles. The first-order valence-electron chi connectivity index (χ1n) is 2.11. The summed E-state index contributed by atoms with van der Waals surface area (Å²) in [5.41, 5.74) is 0. The smallest absolute Gasteiger partial charge is 0.811 e. The second-order valence-corrected chi connectivity index (χ2v) is 3.23. The molecule has 0 aliphatic carbocycles. The summed E-state index contributed by atoms with van der Waals surface area (Å²) < 4.78 is 9.75. The van der Waals surface area contributed by atoms with Crippen LogP contribution in [0.4, 0.5) is 0 Å². The van der Waals surface area contributed by atoms with E-state index < -0.39 is 19.9 Å². The van der Waals surface area contributed by atoms with Gasteiger partial charge < -0.3 is 19.5 Å². The zero-order valence-corrected chi connectivity index (χ0v) is 11.3. The Hall–Kier alpha value is 2.11. The van der Waals surface area contributed by atoms with E-state index in [9.17, 15) is 14.4 Å². The molecule has 0 radical (unpaired) electrons. The zero-order valence-electron chi connectivity index (χ0n) is 6.40. The molecule has 1 N–H and O–H groups in total. The molecule has 0 aromatic heterocycles. The molecule has 0 amide bonds. The normalized spacial score (nSPS) is 12.8. The minimum Gasteiger partial charge on any atom is -0.811 e. The summed E-state index contributed by atoms with van der Waals surface area (Å²) in [5, 5.41) is 8.32. The van der Waals surface area contributed by atoms with E-state index >= 15 is 0 Å². The SMILES string of the molecule is CC(O)CP(=O)([O-])[O-].[Na+].[Na+]. The van der Waals surface area contributed by atoms with Crippen molar-refractivity contribution in [3.8, 4) is 0 Å². The molecule has 10 heavy (non-hydrogen) atoms.